The zero-order chi connectivity index (χ0) is 8.27. The van der Waals surface area contributed by atoms with Gasteiger partial charge in [-0.2, -0.15) is 0 Å². The molecule has 1 aromatic rings. The van der Waals surface area contributed by atoms with E-state index in [0.717, 1.165) is 12.1 Å². The molecule has 0 radical (unpaired) electrons. The number of benzene rings is 1. The summed E-state index contributed by atoms with van der Waals surface area (Å²) in [6.45, 7) is 0. The summed E-state index contributed by atoms with van der Waals surface area (Å²) in [6.07, 6.45) is 0. The molecule has 0 heterocycles. The molecule has 0 bridgehead atoms. The summed E-state index contributed by atoms with van der Waals surface area (Å²) in [6, 6.07) is 4.63. The average molecular weight is 248 g/mol. The molecular weight excluding hydrogens is 244 g/mol. The Bertz CT molecular complexity index is 266. The molecule has 0 aliphatic heterocycles. The fourth-order valence-electron chi connectivity index (χ4n) is 0.605. The van der Waals surface area contributed by atoms with Gasteiger partial charge in [-0.3, -0.25) is 0 Å². The van der Waals surface area contributed by atoms with Crippen LogP contribution in [0, 0.1) is 5.82 Å². The Morgan fingerprint density at radius 3 is 2.18 bits per heavy atom. The third kappa shape index (κ3) is 2.23. The molecule has 0 fully saturated rings. The third-order valence-corrected chi connectivity index (χ3v) is 1.85. The first-order valence-electron chi connectivity index (χ1n) is 2.74. The topological polar surface area (TPSA) is 0 Å². The third-order valence-electron chi connectivity index (χ3n) is 1.10. The van der Waals surface area contributed by atoms with Gasteiger partial charge in [0.2, 0.25) is 0 Å². The summed E-state index contributed by atoms with van der Waals surface area (Å²) in [5.74, 6) is -0.450. The van der Waals surface area contributed by atoms with Gasteiger partial charge in [0.15, 0.2) is 0 Å². The van der Waals surface area contributed by atoms with Gasteiger partial charge in [-0.05, 0) is 0 Å². The molecule has 62 valence electrons. The first kappa shape index (κ1) is 8.60. The molecule has 0 aliphatic rings. The number of hydrogen-bond donors (Lipinski definition) is 0. The summed E-state index contributed by atoms with van der Waals surface area (Å²) < 4.78 is 35.6. The second-order valence-electron chi connectivity index (χ2n) is 1.81. The van der Waals surface area contributed by atoms with Gasteiger partial charge in [0.05, 0.1) is 0 Å². The van der Waals surface area contributed by atoms with Crippen LogP contribution in [0.2, 0.25) is 0 Å². The second-order valence-corrected chi connectivity index (χ2v) is 2.84. The molecule has 0 aromatic heterocycles. The quantitative estimate of drug-likeness (QED) is 0.668. The van der Waals surface area contributed by atoms with Gasteiger partial charge in [-0.1, -0.05) is 0 Å². The van der Waals surface area contributed by atoms with Crippen molar-refractivity contribution in [2.75, 3.05) is 0 Å². The summed E-state index contributed by atoms with van der Waals surface area (Å²) >= 11 is -1.70. The zero-order valence-corrected chi connectivity index (χ0v) is 6.92. The van der Waals surface area contributed by atoms with Crippen molar-refractivity contribution in [1.29, 1.82) is 0 Å². The van der Waals surface area contributed by atoms with E-state index in [2.05, 4.69) is 0 Å². The molecule has 4 heteroatoms. The van der Waals surface area contributed by atoms with Crippen LogP contribution in [-0.2, 0) is 17.2 Å². The molecule has 0 atom stereocenters. The molecule has 0 aliphatic carbocycles. The SMILES string of the molecule is [F][Rh]=[C](F)c1ccc(F)cc1. The average Bonchev–Trinajstić information content (AvgIpc) is 2.05. The van der Waals surface area contributed by atoms with Crippen molar-refractivity contribution in [3.05, 3.63) is 35.6 Å². The van der Waals surface area contributed by atoms with Crippen molar-refractivity contribution >= 4 is 4.36 Å². The van der Waals surface area contributed by atoms with Crippen molar-refractivity contribution in [1.82, 2.24) is 0 Å². The first-order valence-corrected chi connectivity index (χ1v) is 4.18. The van der Waals surface area contributed by atoms with E-state index in [1.54, 1.807) is 0 Å². The first-order chi connectivity index (χ1) is 5.24. The van der Waals surface area contributed by atoms with Crippen molar-refractivity contribution in [3.8, 4) is 0 Å². The Morgan fingerprint density at radius 1 is 1.18 bits per heavy atom. The van der Waals surface area contributed by atoms with Crippen molar-refractivity contribution in [2.45, 2.75) is 0 Å². The van der Waals surface area contributed by atoms with Gasteiger partial charge in [-0.25, -0.2) is 0 Å². The second kappa shape index (κ2) is 3.77. The van der Waals surface area contributed by atoms with Gasteiger partial charge >= 0.3 is 69.3 Å². The van der Waals surface area contributed by atoms with Gasteiger partial charge < -0.3 is 0 Å². The van der Waals surface area contributed by atoms with Crippen LogP contribution in [-0.4, -0.2) is 4.36 Å². The van der Waals surface area contributed by atoms with Crippen LogP contribution in [0.15, 0.2) is 24.3 Å². The Labute approximate surface area is 69.7 Å². The van der Waals surface area contributed by atoms with Crippen LogP contribution in [0.5, 0.6) is 0 Å². The molecule has 0 nitrogen and oxygen atoms in total. The van der Waals surface area contributed by atoms with Crippen molar-refractivity contribution in [2.24, 2.45) is 0 Å². The van der Waals surface area contributed by atoms with Crippen LogP contribution < -0.4 is 0 Å². The molecule has 0 saturated carbocycles. The minimum atomic E-state index is -1.70. The number of hydrogen-bond acceptors (Lipinski definition) is 0. The van der Waals surface area contributed by atoms with E-state index in [0.29, 0.717) is 0 Å². The number of halogens is 3. The van der Waals surface area contributed by atoms with Crippen molar-refractivity contribution < 1.29 is 29.3 Å². The van der Waals surface area contributed by atoms with Crippen LogP contribution in [0.25, 0.3) is 0 Å². The van der Waals surface area contributed by atoms with Crippen LogP contribution in [0.3, 0.4) is 0 Å². The molecule has 0 saturated heterocycles. The standard InChI is InChI=1S/C7H4F2.FH.Rh/c8-5-6-1-3-7(9)4-2-6;;/h1-4H;1H;/q;;+1/p-1. The Balaban J connectivity index is 2.99. The fraction of sp³-hybridized carbons (Fsp3) is 0. The van der Waals surface area contributed by atoms with E-state index in [-0.39, 0.29) is 5.56 Å². The molecular formula is C7H4F3Rh. The molecule has 0 N–H and O–H groups in total. The van der Waals surface area contributed by atoms with Crippen molar-refractivity contribution in [3.63, 3.8) is 0 Å². The fourth-order valence-corrected chi connectivity index (χ4v) is 1.06. The summed E-state index contributed by atoms with van der Waals surface area (Å²) in [4.78, 5) is 0. The van der Waals surface area contributed by atoms with E-state index in [4.69, 9.17) is 0 Å². The molecule has 0 spiro atoms. The van der Waals surface area contributed by atoms with Crippen LogP contribution in [0.4, 0.5) is 12.1 Å². The summed E-state index contributed by atoms with van der Waals surface area (Å²) in [7, 11) is 0. The van der Waals surface area contributed by atoms with Gasteiger partial charge in [0, 0.05) is 0 Å². The molecule has 1 rings (SSSR count). The molecule has 11 heavy (non-hydrogen) atoms. The summed E-state index contributed by atoms with van der Waals surface area (Å²) in [5, 5.41) is 0. The maximum atomic E-state index is 12.4. The van der Waals surface area contributed by atoms with E-state index in [1.807, 2.05) is 0 Å². The Kier molecular flexibility index (Phi) is 2.95. The predicted octanol–water partition coefficient (Wildman–Crippen LogP) is 2.24. The van der Waals surface area contributed by atoms with Gasteiger partial charge in [0.25, 0.3) is 0 Å². The summed E-state index contributed by atoms with van der Waals surface area (Å²) in [5.41, 5.74) is 0.123. The monoisotopic (exact) mass is 248 g/mol. The van der Waals surface area contributed by atoms with Crippen LogP contribution in [0.1, 0.15) is 5.56 Å². The van der Waals surface area contributed by atoms with Gasteiger partial charge in [-0.15, -0.1) is 0 Å². The zero-order valence-electron chi connectivity index (χ0n) is 5.28. The van der Waals surface area contributed by atoms with E-state index >= 15 is 0 Å². The maximum absolute atomic E-state index is 12.4. The van der Waals surface area contributed by atoms with E-state index in [1.165, 1.54) is 12.1 Å². The molecule has 0 amide bonds. The predicted molar refractivity (Wildman–Crippen MR) is 32.7 cm³/mol. The van der Waals surface area contributed by atoms with E-state index in [9.17, 15) is 12.1 Å². The van der Waals surface area contributed by atoms with E-state index < -0.39 is 27.3 Å². The van der Waals surface area contributed by atoms with Gasteiger partial charge in [0.1, 0.15) is 0 Å². The molecule has 1 aromatic carbocycles. The Hall–Kier alpha value is -0.497. The minimum absolute atomic E-state index is 0.123. The normalized spacial score (nSPS) is 13.2. The number of rotatable bonds is 1. The Morgan fingerprint density at radius 2 is 1.73 bits per heavy atom. The molecule has 0 unspecified atom stereocenters. The van der Waals surface area contributed by atoms with Crippen LogP contribution >= 0.6 is 0 Å².